The van der Waals surface area contributed by atoms with E-state index in [1.807, 2.05) is 31.6 Å². The molecule has 8 heteroatoms. The Labute approximate surface area is 203 Å². The second kappa shape index (κ2) is 8.61. The molecule has 1 amide bonds. The molecular formula is C26H29ClFN5O. The van der Waals surface area contributed by atoms with E-state index in [4.69, 9.17) is 11.6 Å². The lowest BCUT2D eigenvalue weighted by Crippen LogP contribution is -2.54. The third-order valence-electron chi connectivity index (χ3n) is 7.89. The molecule has 2 saturated carbocycles. The van der Waals surface area contributed by atoms with Gasteiger partial charge in [-0.25, -0.2) is 9.37 Å². The number of anilines is 1. The third kappa shape index (κ3) is 4.20. The number of fused-ring (bicyclic) bond motifs is 1. The van der Waals surface area contributed by atoms with Crippen molar-refractivity contribution in [1.29, 1.82) is 0 Å². The highest BCUT2D eigenvalue weighted by Gasteiger charge is 2.44. The summed E-state index contributed by atoms with van der Waals surface area (Å²) in [7, 11) is 1.89. The number of nitrogens with one attached hydrogen (secondary N) is 1. The highest BCUT2D eigenvalue weighted by atomic mass is 35.5. The quantitative estimate of drug-likeness (QED) is 0.554. The zero-order valence-electron chi connectivity index (χ0n) is 19.3. The second-order valence-electron chi connectivity index (χ2n) is 10.2. The van der Waals surface area contributed by atoms with Gasteiger partial charge in [0, 0.05) is 54.9 Å². The molecule has 2 aromatic heterocycles. The van der Waals surface area contributed by atoms with E-state index in [1.54, 1.807) is 10.9 Å². The first-order valence-corrected chi connectivity index (χ1v) is 12.6. The standard InChI is InChI=1S/C26H29ClFN5O/c1-32-12-18(11-30-32)21-9-23(21)26(34)31-25-8-16-6-22(24(27)7-17(16)10-29-25)15-2-4-20(5-3-15)33-13-19(28)14-33/h6-8,10-12,15,19-21,23H,2-5,9,13-14H2,1H3,(H,29,31,34)/t15-,20+,21?,23?. The molecule has 0 bridgehead atoms. The number of amides is 1. The van der Waals surface area contributed by atoms with Gasteiger partial charge in [0.15, 0.2) is 0 Å². The van der Waals surface area contributed by atoms with Crippen LogP contribution in [0.4, 0.5) is 10.2 Å². The van der Waals surface area contributed by atoms with Crippen molar-refractivity contribution < 1.29 is 9.18 Å². The minimum atomic E-state index is -0.642. The van der Waals surface area contributed by atoms with Crippen LogP contribution >= 0.6 is 11.6 Å². The van der Waals surface area contributed by atoms with Crippen LogP contribution in [-0.2, 0) is 11.8 Å². The Bertz CT molecular complexity index is 1230. The van der Waals surface area contributed by atoms with Gasteiger partial charge in [0.1, 0.15) is 12.0 Å². The van der Waals surface area contributed by atoms with E-state index in [0.717, 1.165) is 53.5 Å². The number of aryl methyl sites for hydroxylation is 1. The van der Waals surface area contributed by atoms with E-state index in [0.29, 0.717) is 30.9 Å². The van der Waals surface area contributed by atoms with E-state index in [-0.39, 0.29) is 17.7 Å². The Balaban J connectivity index is 1.14. The van der Waals surface area contributed by atoms with E-state index < -0.39 is 6.17 Å². The molecule has 178 valence electrons. The molecule has 3 heterocycles. The highest BCUT2D eigenvalue weighted by Crippen LogP contribution is 2.48. The molecule has 2 atom stereocenters. The average Bonchev–Trinajstić information content (AvgIpc) is 3.50. The normalized spacial score (nSPS) is 27.5. The highest BCUT2D eigenvalue weighted by molar-refractivity contribution is 6.32. The molecule has 3 fully saturated rings. The molecule has 2 aliphatic carbocycles. The summed E-state index contributed by atoms with van der Waals surface area (Å²) in [6.07, 6.45) is 10.1. The molecule has 3 aliphatic rings. The smallest absolute Gasteiger partial charge is 0.229 e. The number of benzene rings is 1. The van der Waals surface area contributed by atoms with Crippen molar-refractivity contribution in [3.05, 3.63) is 52.9 Å². The Kier molecular flexibility index (Phi) is 5.57. The van der Waals surface area contributed by atoms with Crippen molar-refractivity contribution in [3.63, 3.8) is 0 Å². The number of halogens is 2. The zero-order valence-corrected chi connectivity index (χ0v) is 20.0. The fraction of sp³-hybridized carbons (Fsp3) is 0.500. The van der Waals surface area contributed by atoms with Crippen LogP contribution in [0.5, 0.6) is 0 Å². The summed E-state index contributed by atoms with van der Waals surface area (Å²) in [6, 6.07) is 6.60. The van der Waals surface area contributed by atoms with Gasteiger partial charge in [0.2, 0.25) is 5.91 Å². The van der Waals surface area contributed by atoms with E-state index in [1.165, 1.54) is 5.56 Å². The number of hydrogen-bond acceptors (Lipinski definition) is 4. The third-order valence-corrected chi connectivity index (χ3v) is 8.21. The maximum Gasteiger partial charge on any atom is 0.229 e. The van der Waals surface area contributed by atoms with Gasteiger partial charge in [-0.2, -0.15) is 5.10 Å². The minimum absolute atomic E-state index is 0.00900. The maximum absolute atomic E-state index is 13.2. The Hall–Kier alpha value is -2.51. The van der Waals surface area contributed by atoms with Gasteiger partial charge in [0.25, 0.3) is 0 Å². The molecule has 6 rings (SSSR count). The lowest BCUT2D eigenvalue weighted by molar-refractivity contribution is -0.117. The fourth-order valence-corrected chi connectivity index (χ4v) is 6.10. The molecular weight excluding hydrogens is 453 g/mol. The average molecular weight is 482 g/mol. The topological polar surface area (TPSA) is 63.1 Å². The van der Waals surface area contributed by atoms with Crippen LogP contribution < -0.4 is 5.32 Å². The minimum Gasteiger partial charge on any atom is -0.310 e. The van der Waals surface area contributed by atoms with E-state index in [2.05, 4.69) is 26.4 Å². The first-order valence-electron chi connectivity index (χ1n) is 12.2. The van der Waals surface area contributed by atoms with Crippen LogP contribution in [0.1, 0.15) is 55.1 Å². The van der Waals surface area contributed by atoms with Crippen LogP contribution in [0, 0.1) is 5.92 Å². The zero-order chi connectivity index (χ0) is 23.4. The van der Waals surface area contributed by atoms with Gasteiger partial charge in [-0.15, -0.1) is 0 Å². The predicted octanol–water partition coefficient (Wildman–Crippen LogP) is 5.04. The Morgan fingerprint density at radius 3 is 2.62 bits per heavy atom. The summed E-state index contributed by atoms with van der Waals surface area (Å²) in [5.74, 6) is 1.20. The molecule has 1 aromatic carbocycles. The van der Waals surface area contributed by atoms with Crippen LogP contribution in [0.15, 0.2) is 36.8 Å². The van der Waals surface area contributed by atoms with E-state index in [9.17, 15) is 9.18 Å². The molecule has 34 heavy (non-hydrogen) atoms. The van der Waals surface area contributed by atoms with Gasteiger partial charge >= 0.3 is 0 Å². The van der Waals surface area contributed by atoms with Gasteiger partial charge in [-0.1, -0.05) is 11.6 Å². The number of carbonyl (C=O) groups is 1. The number of nitrogens with zero attached hydrogens (tertiary/aromatic N) is 4. The number of aromatic nitrogens is 3. The second-order valence-corrected chi connectivity index (χ2v) is 10.6. The summed E-state index contributed by atoms with van der Waals surface area (Å²) in [5.41, 5.74) is 2.28. The van der Waals surface area contributed by atoms with Crippen LogP contribution in [0.3, 0.4) is 0 Å². The number of pyridine rings is 1. The molecule has 6 nitrogen and oxygen atoms in total. The first kappa shape index (κ1) is 22.0. The van der Waals surface area contributed by atoms with Crippen molar-refractivity contribution in [1.82, 2.24) is 19.7 Å². The number of rotatable bonds is 5. The van der Waals surface area contributed by atoms with Crippen molar-refractivity contribution in [2.45, 2.75) is 56.2 Å². The molecule has 1 N–H and O–H groups in total. The van der Waals surface area contributed by atoms with Crippen molar-refractivity contribution in [3.8, 4) is 0 Å². The molecule has 3 aromatic rings. The van der Waals surface area contributed by atoms with Crippen molar-refractivity contribution in [2.24, 2.45) is 13.0 Å². The summed E-state index contributed by atoms with van der Waals surface area (Å²) in [5, 5.41) is 10.00. The molecule has 2 unspecified atom stereocenters. The van der Waals surface area contributed by atoms with Crippen LogP contribution in [-0.4, -0.2) is 50.9 Å². The lowest BCUT2D eigenvalue weighted by atomic mass is 9.80. The summed E-state index contributed by atoms with van der Waals surface area (Å²) in [6.45, 7) is 1.19. The predicted molar refractivity (Wildman–Crippen MR) is 131 cm³/mol. The number of likely N-dealkylation sites (tertiary alicyclic amines) is 1. The molecule has 1 saturated heterocycles. The Morgan fingerprint density at radius 2 is 1.91 bits per heavy atom. The summed E-state index contributed by atoms with van der Waals surface area (Å²) >= 11 is 6.68. The van der Waals surface area contributed by atoms with Gasteiger partial charge in [-0.05, 0) is 78.7 Å². The molecule has 0 radical (unpaired) electrons. The fourth-order valence-electron chi connectivity index (χ4n) is 5.77. The van der Waals surface area contributed by atoms with Gasteiger partial charge in [0.05, 0.1) is 6.20 Å². The maximum atomic E-state index is 13.2. The largest absolute Gasteiger partial charge is 0.310 e. The Morgan fingerprint density at radius 1 is 1.12 bits per heavy atom. The van der Waals surface area contributed by atoms with Gasteiger partial charge < -0.3 is 5.32 Å². The lowest BCUT2D eigenvalue weighted by Gasteiger charge is -2.43. The number of hydrogen-bond donors (Lipinski definition) is 1. The summed E-state index contributed by atoms with van der Waals surface area (Å²) in [4.78, 5) is 19.5. The summed E-state index contributed by atoms with van der Waals surface area (Å²) < 4.78 is 15.0. The number of alkyl halides is 1. The SMILES string of the molecule is Cn1cc(C2CC2C(=O)Nc2cc3cc([C@H]4CC[C@@H](N5CC(F)C5)CC4)c(Cl)cc3cn2)cn1. The first-order chi connectivity index (χ1) is 16.4. The van der Waals surface area contributed by atoms with E-state index >= 15 is 0 Å². The van der Waals surface area contributed by atoms with Crippen molar-refractivity contribution in [2.75, 3.05) is 18.4 Å². The molecule has 1 aliphatic heterocycles. The number of carbonyl (C=O) groups excluding carboxylic acids is 1. The van der Waals surface area contributed by atoms with Crippen LogP contribution in [0.2, 0.25) is 5.02 Å². The molecule has 0 spiro atoms. The van der Waals surface area contributed by atoms with Gasteiger partial charge in [-0.3, -0.25) is 14.4 Å². The monoisotopic (exact) mass is 481 g/mol. The van der Waals surface area contributed by atoms with Crippen molar-refractivity contribution >= 4 is 34.1 Å². The van der Waals surface area contributed by atoms with Crippen LogP contribution in [0.25, 0.3) is 10.8 Å².